The molecule has 6 nitrogen and oxygen atoms in total. The molecule has 0 saturated heterocycles. The lowest BCUT2D eigenvalue weighted by Gasteiger charge is -2.31. The highest BCUT2D eigenvalue weighted by Crippen LogP contribution is 2.29. The molecule has 2 rings (SSSR count). The topological polar surface area (TPSA) is 71.5 Å². The first-order chi connectivity index (χ1) is 12.8. The fourth-order valence-electron chi connectivity index (χ4n) is 3.15. The third-order valence-corrected chi connectivity index (χ3v) is 4.38. The molecule has 0 fully saturated rings. The van der Waals surface area contributed by atoms with E-state index in [4.69, 9.17) is 16.3 Å². The predicted octanol–water partition coefficient (Wildman–Crippen LogP) is 4.12. The number of hydrogen-bond donors (Lipinski definition) is 1. The molecule has 0 radical (unpaired) electrons. The average Bonchev–Trinajstić information content (AvgIpc) is 2.58. The molecule has 0 spiro atoms. The normalized spacial score (nSPS) is 11.1. The van der Waals surface area contributed by atoms with Crippen molar-refractivity contribution in [1.82, 2.24) is 9.88 Å². The summed E-state index contributed by atoms with van der Waals surface area (Å²) in [4.78, 5) is 31.2. The van der Waals surface area contributed by atoms with Crippen molar-refractivity contribution in [2.75, 3.05) is 18.5 Å². The van der Waals surface area contributed by atoms with Gasteiger partial charge in [-0.05, 0) is 52.8 Å². The summed E-state index contributed by atoms with van der Waals surface area (Å²) in [5, 5.41) is 4.31. The van der Waals surface area contributed by atoms with Gasteiger partial charge in [-0.15, -0.1) is 0 Å². The smallest absolute Gasteiger partial charge is 0.341 e. The van der Waals surface area contributed by atoms with Gasteiger partial charge in [0, 0.05) is 28.7 Å². The number of amides is 1. The van der Waals surface area contributed by atoms with Crippen LogP contribution in [0.3, 0.4) is 0 Å². The number of rotatable bonds is 7. The van der Waals surface area contributed by atoms with Crippen molar-refractivity contribution in [3.05, 3.63) is 35.0 Å². The Hall–Kier alpha value is -2.34. The minimum atomic E-state index is -0.494. The van der Waals surface area contributed by atoms with Crippen LogP contribution in [0.5, 0.6) is 0 Å². The van der Waals surface area contributed by atoms with Crippen LogP contribution < -0.4 is 5.32 Å². The number of aromatic nitrogens is 1. The molecule has 2 aromatic rings. The third-order valence-electron chi connectivity index (χ3n) is 4.14. The maximum atomic E-state index is 12.7. The van der Waals surface area contributed by atoms with Crippen LogP contribution in [-0.2, 0) is 9.53 Å². The quantitative estimate of drug-likeness (QED) is 0.719. The number of fused-ring (bicyclic) bond motifs is 1. The summed E-state index contributed by atoms with van der Waals surface area (Å²) in [6.07, 6.45) is 1.46. The van der Waals surface area contributed by atoms with Gasteiger partial charge < -0.3 is 15.0 Å². The molecule has 0 aliphatic carbocycles. The molecule has 1 N–H and O–H groups in total. The summed E-state index contributed by atoms with van der Waals surface area (Å²) >= 11 is 6.13. The Bertz CT molecular complexity index is 829. The van der Waals surface area contributed by atoms with Gasteiger partial charge >= 0.3 is 5.97 Å². The van der Waals surface area contributed by atoms with Crippen LogP contribution in [0.4, 0.5) is 5.69 Å². The number of hydrogen-bond acceptors (Lipinski definition) is 5. The summed E-state index contributed by atoms with van der Waals surface area (Å²) < 4.78 is 5.13. The zero-order chi connectivity index (χ0) is 20.1. The van der Waals surface area contributed by atoms with Crippen molar-refractivity contribution in [1.29, 1.82) is 0 Å². The summed E-state index contributed by atoms with van der Waals surface area (Å²) in [5.74, 6) is -0.548. The van der Waals surface area contributed by atoms with Crippen LogP contribution in [-0.4, -0.2) is 47.0 Å². The number of carbonyl (C=O) groups excluding carboxylic acids is 2. The molecule has 1 amide bonds. The summed E-state index contributed by atoms with van der Waals surface area (Å²) in [6.45, 7) is 9.94. The molecule has 7 heteroatoms. The Morgan fingerprint density at radius 3 is 2.48 bits per heavy atom. The van der Waals surface area contributed by atoms with Crippen LogP contribution in [0.2, 0.25) is 5.02 Å². The van der Waals surface area contributed by atoms with Crippen molar-refractivity contribution < 1.29 is 14.3 Å². The summed E-state index contributed by atoms with van der Waals surface area (Å²) in [7, 11) is 0. The number of anilines is 1. The van der Waals surface area contributed by atoms with Gasteiger partial charge in [0.15, 0.2) is 0 Å². The molecule has 1 aromatic heterocycles. The number of pyridine rings is 1. The Morgan fingerprint density at radius 1 is 1.22 bits per heavy atom. The molecule has 27 heavy (non-hydrogen) atoms. The first-order valence-corrected chi connectivity index (χ1v) is 9.44. The first kappa shape index (κ1) is 21.0. The monoisotopic (exact) mass is 391 g/mol. The van der Waals surface area contributed by atoms with Crippen molar-refractivity contribution in [3.63, 3.8) is 0 Å². The van der Waals surface area contributed by atoms with E-state index >= 15 is 0 Å². The molecular weight excluding hydrogens is 366 g/mol. The predicted molar refractivity (Wildman–Crippen MR) is 108 cm³/mol. The molecule has 1 aromatic carbocycles. The zero-order valence-corrected chi connectivity index (χ0v) is 17.1. The number of ether oxygens (including phenoxy) is 1. The molecule has 0 bridgehead atoms. The van der Waals surface area contributed by atoms with Crippen molar-refractivity contribution in [2.24, 2.45) is 0 Å². The van der Waals surface area contributed by atoms with Gasteiger partial charge in [0.2, 0.25) is 5.91 Å². The third kappa shape index (κ3) is 4.89. The highest BCUT2D eigenvalue weighted by Gasteiger charge is 2.22. The van der Waals surface area contributed by atoms with Gasteiger partial charge in [0.05, 0.1) is 24.4 Å². The summed E-state index contributed by atoms with van der Waals surface area (Å²) in [5.41, 5.74) is 1.45. The van der Waals surface area contributed by atoms with Gasteiger partial charge in [0.25, 0.3) is 0 Å². The van der Waals surface area contributed by atoms with E-state index in [0.29, 0.717) is 21.6 Å². The maximum absolute atomic E-state index is 12.7. The van der Waals surface area contributed by atoms with Crippen LogP contribution in [0.15, 0.2) is 24.4 Å². The Labute approximate surface area is 164 Å². The minimum absolute atomic E-state index is 0.0500. The van der Waals surface area contributed by atoms with E-state index in [1.807, 2.05) is 27.7 Å². The Balaban J connectivity index is 2.42. The number of benzene rings is 1. The molecular formula is C20H26ClN3O3. The Morgan fingerprint density at radius 2 is 1.89 bits per heavy atom. The lowest BCUT2D eigenvalue weighted by molar-refractivity contribution is -0.132. The van der Waals surface area contributed by atoms with Gasteiger partial charge in [-0.1, -0.05) is 11.6 Å². The number of esters is 1. The molecule has 0 aliphatic rings. The van der Waals surface area contributed by atoms with Gasteiger partial charge in [-0.25, -0.2) is 4.79 Å². The highest BCUT2D eigenvalue weighted by molar-refractivity contribution is 6.31. The lowest BCUT2D eigenvalue weighted by Crippen LogP contribution is -2.44. The molecule has 0 aliphatic heterocycles. The van der Waals surface area contributed by atoms with Crippen LogP contribution in [0.1, 0.15) is 45.0 Å². The molecule has 0 unspecified atom stereocenters. The molecule has 0 saturated carbocycles. The summed E-state index contributed by atoms with van der Waals surface area (Å²) in [6, 6.07) is 5.38. The average molecular weight is 392 g/mol. The van der Waals surface area contributed by atoms with Crippen molar-refractivity contribution >= 4 is 40.1 Å². The van der Waals surface area contributed by atoms with Crippen molar-refractivity contribution in [3.8, 4) is 0 Å². The van der Waals surface area contributed by atoms with Crippen molar-refractivity contribution in [2.45, 2.75) is 46.7 Å². The number of halogens is 1. The van der Waals surface area contributed by atoms with E-state index in [1.54, 1.807) is 30.0 Å². The van der Waals surface area contributed by atoms with Crippen LogP contribution in [0.25, 0.3) is 10.9 Å². The standard InChI is InChI=1S/C20H26ClN3O3/c1-6-27-20(26)16-10-22-17-8-7-14(21)9-15(17)19(16)23-11-18(25)24(12(2)3)13(4)5/h7-10,12-13H,6,11H2,1-5H3,(H,22,23). The van der Waals surface area contributed by atoms with Crippen LogP contribution in [0, 0.1) is 0 Å². The fraction of sp³-hybridized carbons (Fsp3) is 0.450. The number of nitrogens with one attached hydrogen (secondary N) is 1. The van der Waals surface area contributed by atoms with E-state index < -0.39 is 5.97 Å². The largest absolute Gasteiger partial charge is 0.462 e. The van der Waals surface area contributed by atoms with E-state index in [0.717, 1.165) is 0 Å². The second-order valence-corrected chi connectivity index (χ2v) is 7.21. The fourth-order valence-corrected chi connectivity index (χ4v) is 3.32. The van der Waals surface area contributed by atoms with E-state index in [2.05, 4.69) is 10.3 Å². The molecule has 1 heterocycles. The SMILES string of the molecule is CCOC(=O)c1cnc2ccc(Cl)cc2c1NCC(=O)N(C(C)C)C(C)C. The first-order valence-electron chi connectivity index (χ1n) is 9.06. The molecule has 146 valence electrons. The van der Waals surface area contributed by atoms with Gasteiger partial charge in [-0.2, -0.15) is 0 Å². The van der Waals surface area contributed by atoms with E-state index in [1.165, 1.54) is 6.20 Å². The number of nitrogens with zero attached hydrogens (tertiary/aromatic N) is 2. The maximum Gasteiger partial charge on any atom is 0.341 e. The second-order valence-electron chi connectivity index (χ2n) is 6.77. The minimum Gasteiger partial charge on any atom is -0.462 e. The number of carbonyl (C=O) groups is 2. The zero-order valence-electron chi connectivity index (χ0n) is 16.4. The highest BCUT2D eigenvalue weighted by atomic mass is 35.5. The molecule has 0 atom stereocenters. The lowest BCUT2D eigenvalue weighted by atomic mass is 10.1. The second kappa shape index (κ2) is 9.04. The Kier molecular flexibility index (Phi) is 7.02. The van der Waals surface area contributed by atoms with Crippen LogP contribution >= 0.6 is 11.6 Å². The van der Waals surface area contributed by atoms with E-state index in [-0.39, 0.29) is 36.7 Å². The van der Waals surface area contributed by atoms with E-state index in [9.17, 15) is 9.59 Å². The van der Waals surface area contributed by atoms with Gasteiger partial charge in [0.1, 0.15) is 5.56 Å². The van der Waals surface area contributed by atoms with Gasteiger partial charge in [-0.3, -0.25) is 9.78 Å².